The number of carbonyl (C=O) groups excluding carboxylic acids is 1. The molecule has 1 N–H and O–H groups in total. The Hall–Kier alpha value is -1.56. The third-order valence-electron chi connectivity index (χ3n) is 10.3. The number of hydrogen-bond donors (Lipinski definition) is 1. The minimum atomic E-state index is -1.10. The molecule has 0 bridgehead atoms. The summed E-state index contributed by atoms with van der Waals surface area (Å²) in [5.74, 6) is 1.91. The predicted octanol–water partition coefficient (Wildman–Crippen LogP) is 4.15. The van der Waals surface area contributed by atoms with E-state index in [0.29, 0.717) is 30.4 Å². The number of Topliss-reactive ketones (excluding diaryl/α,β-unsaturated/α-hetero) is 1. The zero-order valence-electron chi connectivity index (χ0n) is 18.3. The molecule has 1 unspecified atom stereocenters. The summed E-state index contributed by atoms with van der Waals surface area (Å²) in [6.45, 7) is 2.36. The van der Waals surface area contributed by atoms with Crippen molar-refractivity contribution in [1.29, 1.82) is 0 Å². The molecule has 0 aromatic carbocycles. The molecule has 168 valence electrons. The van der Waals surface area contributed by atoms with Crippen molar-refractivity contribution in [2.45, 2.75) is 76.0 Å². The fraction of sp³-hybridized carbons (Fsp3) is 0.800. The van der Waals surface area contributed by atoms with Crippen molar-refractivity contribution in [3.05, 3.63) is 18.5 Å². The summed E-state index contributed by atoms with van der Waals surface area (Å²) in [4.78, 5) is 13.2. The van der Waals surface area contributed by atoms with Gasteiger partial charge in [-0.1, -0.05) is 6.92 Å². The highest BCUT2D eigenvalue weighted by molar-refractivity contribution is 5.83. The van der Waals surface area contributed by atoms with Gasteiger partial charge in [0, 0.05) is 12.0 Å². The molecule has 9 atom stereocenters. The van der Waals surface area contributed by atoms with Crippen molar-refractivity contribution in [2.24, 2.45) is 40.9 Å². The highest BCUT2D eigenvalue weighted by Gasteiger charge is 2.71. The molecule has 0 amide bonds. The van der Waals surface area contributed by atoms with E-state index in [1.807, 2.05) is 0 Å². The van der Waals surface area contributed by atoms with Crippen molar-refractivity contribution in [2.75, 3.05) is 6.61 Å². The lowest BCUT2D eigenvalue weighted by Crippen LogP contribution is -2.57. The fourth-order valence-corrected chi connectivity index (χ4v) is 8.76. The van der Waals surface area contributed by atoms with Gasteiger partial charge in [0.15, 0.2) is 5.78 Å². The first-order valence-electron chi connectivity index (χ1n) is 12.2. The van der Waals surface area contributed by atoms with Crippen molar-refractivity contribution >= 4 is 5.78 Å². The maximum Gasteiger partial charge on any atom is 0.173 e. The maximum absolute atomic E-state index is 16.5. The van der Waals surface area contributed by atoms with Crippen LogP contribution in [0.25, 0.3) is 0 Å². The van der Waals surface area contributed by atoms with Gasteiger partial charge in [0.05, 0.1) is 18.0 Å². The van der Waals surface area contributed by atoms with Crippen LogP contribution in [0.4, 0.5) is 4.39 Å². The summed E-state index contributed by atoms with van der Waals surface area (Å²) in [5.41, 5.74) is -1.70. The number of ether oxygens (including phenoxy) is 1. The van der Waals surface area contributed by atoms with Gasteiger partial charge in [-0.25, -0.2) is 4.39 Å². The molecule has 31 heavy (non-hydrogen) atoms. The standard InChI is InChI=1S/C25H33FN2O3/c1-23-8-6-18-16(2-3-19-21-12-24(21,30)9-10-25(18,19)26)17(23)4-5-20(23)22(29)14-31-15-7-11-27-28-13-15/h7,11,13,16-21,30H,2-6,8-10,12,14H2,1H3/t16-,17-,18-,19+,20+,21?,23-,24-,25-/m0/s1. The summed E-state index contributed by atoms with van der Waals surface area (Å²) < 4.78 is 22.2. The highest BCUT2D eigenvalue weighted by Crippen LogP contribution is 2.70. The molecule has 6 heteroatoms. The number of halogens is 1. The average molecular weight is 429 g/mol. The van der Waals surface area contributed by atoms with E-state index >= 15 is 4.39 Å². The summed E-state index contributed by atoms with van der Waals surface area (Å²) in [7, 11) is 0. The smallest absolute Gasteiger partial charge is 0.173 e. The van der Waals surface area contributed by atoms with Crippen LogP contribution in [-0.2, 0) is 4.79 Å². The summed E-state index contributed by atoms with van der Waals surface area (Å²) in [6.07, 6.45) is 10.8. The van der Waals surface area contributed by atoms with Gasteiger partial charge in [-0.15, -0.1) is 0 Å². The minimum absolute atomic E-state index is 0.00131. The second-order valence-electron chi connectivity index (χ2n) is 11.4. The van der Waals surface area contributed by atoms with Crippen LogP contribution in [0.5, 0.6) is 5.75 Å². The molecule has 5 aliphatic carbocycles. The van der Waals surface area contributed by atoms with E-state index in [1.54, 1.807) is 12.3 Å². The lowest BCUT2D eigenvalue weighted by atomic mass is 9.48. The van der Waals surface area contributed by atoms with E-state index in [9.17, 15) is 9.90 Å². The Kier molecular flexibility index (Phi) is 4.35. The molecule has 0 spiro atoms. The van der Waals surface area contributed by atoms with Crippen LogP contribution in [0.15, 0.2) is 18.5 Å². The van der Waals surface area contributed by atoms with Gasteiger partial charge >= 0.3 is 0 Å². The maximum atomic E-state index is 16.5. The molecule has 5 aliphatic rings. The largest absolute Gasteiger partial charge is 0.484 e. The Morgan fingerprint density at radius 2 is 1.94 bits per heavy atom. The average Bonchev–Trinajstić information content (AvgIpc) is 3.32. The van der Waals surface area contributed by atoms with E-state index in [4.69, 9.17) is 4.74 Å². The van der Waals surface area contributed by atoms with Gasteiger partial charge in [-0.2, -0.15) is 10.2 Å². The zero-order valence-corrected chi connectivity index (χ0v) is 18.3. The van der Waals surface area contributed by atoms with Crippen molar-refractivity contribution in [3.63, 3.8) is 0 Å². The van der Waals surface area contributed by atoms with Gasteiger partial charge in [-0.05, 0) is 92.8 Å². The summed E-state index contributed by atoms with van der Waals surface area (Å²) >= 11 is 0. The number of aliphatic hydroxyl groups is 1. The van der Waals surface area contributed by atoms with Gasteiger partial charge < -0.3 is 9.84 Å². The van der Waals surface area contributed by atoms with E-state index in [-0.39, 0.29) is 41.5 Å². The van der Waals surface area contributed by atoms with Crippen LogP contribution in [0.3, 0.4) is 0 Å². The van der Waals surface area contributed by atoms with Crippen LogP contribution in [0.1, 0.15) is 64.7 Å². The van der Waals surface area contributed by atoms with Crippen molar-refractivity contribution in [1.82, 2.24) is 10.2 Å². The molecular formula is C25H33FN2O3. The first-order chi connectivity index (χ1) is 14.9. The molecule has 0 saturated heterocycles. The SMILES string of the molecule is C[C@]12CC[C@H]3[C@@H](CC[C@@H]4C5C[C@@]5(O)CC[C@@]43F)[C@@H]1CC[C@@H]2C(=O)COc1ccnnc1. The number of ketones is 1. The molecule has 6 rings (SSSR count). The summed E-state index contributed by atoms with van der Waals surface area (Å²) in [5, 5.41) is 18.1. The molecule has 5 fully saturated rings. The highest BCUT2D eigenvalue weighted by atomic mass is 19.1. The lowest BCUT2D eigenvalue weighted by Gasteiger charge is -2.58. The Morgan fingerprint density at radius 3 is 2.74 bits per heavy atom. The van der Waals surface area contributed by atoms with Gasteiger partial charge in [-0.3, -0.25) is 4.79 Å². The molecule has 0 radical (unpaired) electrons. The Labute approximate surface area is 183 Å². The summed E-state index contributed by atoms with van der Waals surface area (Å²) in [6, 6.07) is 1.72. The van der Waals surface area contributed by atoms with Crippen LogP contribution in [0, 0.1) is 40.9 Å². The third kappa shape index (κ3) is 2.86. The van der Waals surface area contributed by atoms with Crippen LogP contribution in [0.2, 0.25) is 0 Å². The van der Waals surface area contributed by atoms with Gasteiger partial charge in [0.25, 0.3) is 0 Å². The molecule has 5 nitrogen and oxygen atoms in total. The quantitative estimate of drug-likeness (QED) is 0.780. The van der Waals surface area contributed by atoms with Crippen molar-refractivity contribution < 1.29 is 19.0 Å². The van der Waals surface area contributed by atoms with Crippen LogP contribution < -0.4 is 4.74 Å². The van der Waals surface area contributed by atoms with Crippen LogP contribution in [-0.4, -0.2) is 39.0 Å². The molecule has 0 aliphatic heterocycles. The Morgan fingerprint density at radius 1 is 1.10 bits per heavy atom. The molecule has 1 aromatic heterocycles. The van der Waals surface area contributed by atoms with Crippen molar-refractivity contribution in [3.8, 4) is 5.75 Å². The number of hydrogen-bond acceptors (Lipinski definition) is 5. The lowest BCUT2D eigenvalue weighted by molar-refractivity contribution is -0.154. The number of aromatic nitrogens is 2. The second kappa shape index (κ2) is 6.72. The molecule has 5 saturated carbocycles. The third-order valence-corrected chi connectivity index (χ3v) is 10.3. The predicted molar refractivity (Wildman–Crippen MR) is 112 cm³/mol. The number of alkyl halides is 1. The number of nitrogens with zero attached hydrogens (tertiary/aromatic N) is 2. The van der Waals surface area contributed by atoms with Crippen LogP contribution >= 0.6 is 0 Å². The monoisotopic (exact) mass is 428 g/mol. The normalized spacial score (nSPS) is 49.9. The van der Waals surface area contributed by atoms with Gasteiger partial charge in [0.2, 0.25) is 0 Å². The first-order valence-corrected chi connectivity index (χ1v) is 12.2. The number of carbonyl (C=O) groups is 1. The molecule has 1 heterocycles. The Balaban J connectivity index is 1.18. The number of rotatable bonds is 4. The van der Waals surface area contributed by atoms with E-state index in [1.165, 1.54) is 6.20 Å². The minimum Gasteiger partial charge on any atom is -0.484 e. The first kappa shape index (κ1) is 20.1. The van der Waals surface area contributed by atoms with E-state index in [0.717, 1.165) is 44.9 Å². The fourth-order valence-electron chi connectivity index (χ4n) is 8.76. The molecule has 1 aromatic rings. The second-order valence-corrected chi connectivity index (χ2v) is 11.4. The number of fused-ring (bicyclic) bond motifs is 7. The van der Waals surface area contributed by atoms with Gasteiger partial charge in [0.1, 0.15) is 18.0 Å². The Bertz CT molecular complexity index is 883. The van der Waals surface area contributed by atoms with E-state index in [2.05, 4.69) is 17.1 Å². The topological polar surface area (TPSA) is 72.3 Å². The zero-order chi connectivity index (χ0) is 21.4. The molecular weight excluding hydrogens is 395 g/mol. The van der Waals surface area contributed by atoms with E-state index < -0.39 is 11.3 Å².